The number of nitrogens with zero attached hydrogens (tertiary/aromatic N) is 2. The Morgan fingerprint density at radius 1 is 1.45 bits per heavy atom. The molecule has 0 amide bonds. The topological polar surface area (TPSA) is 72.7 Å². The van der Waals surface area contributed by atoms with Crippen LogP contribution in [0.2, 0.25) is 0 Å². The van der Waals surface area contributed by atoms with Crippen molar-refractivity contribution < 1.29 is 18.8 Å². The molecule has 1 saturated heterocycles. The average molecular weight is 282 g/mol. The number of halogens is 1. The van der Waals surface area contributed by atoms with Gasteiger partial charge in [0.25, 0.3) is 5.69 Å². The van der Waals surface area contributed by atoms with Crippen LogP contribution in [0.1, 0.15) is 30.1 Å². The van der Waals surface area contributed by atoms with Gasteiger partial charge in [0.15, 0.2) is 5.82 Å². The van der Waals surface area contributed by atoms with Gasteiger partial charge in [-0.25, -0.2) is 9.18 Å². The number of anilines is 1. The number of nitro benzene ring substituents is 1. The van der Waals surface area contributed by atoms with E-state index in [-0.39, 0.29) is 17.9 Å². The molecule has 1 aliphatic heterocycles. The van der Waals surface area contributed by atoms with Crippen molar-refractivity contribution in [3.8, 4) is 0 Å². The summed E-state index contributed by atoms with van der Waals surface area (Å²) < 4.78 is 18.8. The Kier molecular flexibility index (Phi) is 4.16. The zero-order valence-electron chi connectivity index (χ0n) is 11.1. The molecule has 1 heterocycles. The minimum Gasteiger partial charge on any atom is -0.462 e. The number of hydrogen-bond acceptors (Lipinski definition) is 5. The molecule has 0 aliphatic carbocycles. The highest BCUT2D eigenvalue weighted by molar-refractivity contribution is 5.95. The van der Waals surface area contributed by atoms with Crippen molar-refractivity contribution in [1.29, 1.82) is 0 Å². The normalized spacial score (nSPS) is 14.4. The van der Waals surface area contributed by atoms with Crippen molar-refractivity contribution >= 4 is 17.3 Å². The summed E-state index contributed by atoms with van der Waals surface area (Å²) in [5.41, 5.74) is -0.555. The Hall–Kier alpha value is -2.18. The molecule has 1 aliphatic rings. The quantitative estimate of drug-likeness (QED) is 0.482. The van der Waals surface area contributed by atoms with Crippen LogP contribution in [0, 0.1) is 15.9 Å². The number of benzene rings is 1. The Morgan fingerprint density at radius 3 is 2.65 bits per heavy atom. The van der Waals surface area contributed by atoms with E-state index in [9.17, 15) is 19.3 Å². The maximum atomic E-state index is 14.0. The van der Waals surface area contributed by atoms with Crippen LogP contribution in [0.3, 0.4) is 0 Å². The minimum absolute atomic E-state index is 0.104. The lowest BCUT2D eigenvalue weighted by Gasteiger charge is -2.19. The Morgan fingerprint density at radius 2 is 2.10 bits per heavy atom. The highest BCUT2D eigenvalue weighted by atomic mass is 19.1. The van der Waals surface area contributed by atoms with Crippen LogP contribution < -0.4 is 4.90 Å². The van der Waals surface area contributed by atoms with Gasteiger partial charge in [0, 0.05) is 13.1 Å². The summed E-state index contributed by atoms with van der Waals surface area (Å²) in [4.78, 5) is 23.7. The third-order valence-electron chi connectivity index (χ3n) is 3.20. The zero-order chi connectivity index (χ0) is 14.7. The van der Waals surface area contributed by atoms with Crippen molar-refractivity contribution in [3.63, 3.8) is 0 Å². The number of hydrogen-bond donors (Lipinski definition) is 0. The molecule has 0 bridgehead atoms. The summed E-state index contributed by atoms with van der Waals surface area (Å²) in [6.07, 6.45) is 1.87. The molecule has 0 aromatic heterocycles. The van der Waals surface area contributed by atoms with E-state index >= 15 is 0 Å². The van der Waals surface area contributed by atoms with Crippen LogP contribution in [0.25, 0.3) is 0 Å². The predicted molar refractivity (Wildman–Crippen MR) is 70.5 cm³/mol. The molecule has 0 unspecified atom stereocenters. The third-order valence-corrected chi connectivity index (χ3v) is 3.20. The van der Waals surface area contributed by atoms with E-state index in [0.29, 0.717) is 13.1 Å². The molecule has 0 spiro atoms. The summed E-state index contributed by atoms with van der Waals surface area (Å²) >= 11 is 0. The van der Waals surface area contributed by atoms with Crippen molar-refractivity contribution in [1.82, 2.24) is 0 Å². The molecule has 6 nitrogen and oxygen atoms in total. The van der Waals surface area contributed by atoms with Gasteiger partial charge >= 0.3 is 5.97 Å². The zero-order valence-corrected chi connectivity index (χ0v) is 11.1. The van der Waals surface area contributed by atoms with Gasteiger partial charge in [0.1, 0.15) is 5.56 Å². The van der Waals surface area contributed by atoms with Gasteiger partial charge in [-0.3, -0.25) is 10.1 Å². The first-order chi connectivity index (χ1) is 9.54. The van der Waals surface area contributed by atoms with Crippen molar-refractivity contribution in [2.45, 2.75) is 19.8 Å². The first kappa shape index (κ1) is 14.2. The fourth-order valence-corrected chi connectivity index (χ4v) is 2.28. The van der Waals surface area contributed by atoms with Gasteiger partial charge < -0.3 is 9.64 Å². The van der Waals surface area contributed by atoms with Gasteiger partial charge in [-0.2, -0.15) is 0 Å². The van der Waals surface area contributed by atoms with Crippen LogP contribution in [-0.4, -0.2) is 30.6 Å². The molecule has 0 saturated carbocycles. The van der Waals surface area contributed by atoms with Crippen molar-refractivity contribution in [3.05, 3.63) is 33.6 Å². The lowest BCUT2D eigenvalue weighted by molar-refractivity contribution is -0.385. The molecule has 7 heteroatoms. The van der Waals surface area contributed by atoms with Gasteiger partial charge in [0.05, 0.1) is 23.3 Å². The van der Waals surface area contributed by atoms with Crippen LogP contribution >= 0.6 is 0 Å². The van der Waals surface area contributed by atoms with E-state index in [0.717, 1.165) is 18.9 Å². The van der Waals surface area contributed by atoms with E-state index in [2.05, 4.69) is 0 Å². The summed E-state index contributed by atoms with van der Waals surface area (Å²) in [5, 5.41) is 10.9. The first-order valence-electron chi connectivity index (χ1n) is 6.44. The molecular formula is C13H15FN2O4. The van der Waals surface area contributed by atoms with E-state index in [1.165, 1.54) is 6.07 Å². The Bertz CT molecular complexity index is 541. The number of esters is 1. The highest BCUT2D eigenvalue weighted by Gasteiger charge is 2.27. The number of carbonyl (C=O) groups excluding carboxylic acids is 1. The lowest BCUT2D eigenvalue weighted by atomic mass is 10.1. The second kappa shape index (κ2) is 5.85. The van der Waals surface area contributed by atoms with Gasteiger partial charge in [-0.15, -0.1) is 0 Å². The van der Waals surface area contributed by atoms with Crippen LogP contribution in [-0.2, 0) is 4.74 Å². The van der Waals surface area contributed by atoms with E-state index in [4.69, 9.17) is 4.74 Å². The van der Waals surface area contributed by atoms with Crippen LogP contribution in [0.4, 0.5) is 15.8 Å². The van der Waals surface area contributed by atoms with Crippen LogP contribution in [0.5, 0.6) is 0 Å². The van der Waals surface area contributed by atoms with Crippen molar-refractivity contribution in [2.24, 2.45) is 0 Å². The summed E-state index contributed by atoms with van der Waals surface area (Å²) in [5.74, 6) is -1.49. The van der Waals surface area contributed by atoms with Gasteiger partial charge in [-0.1, -0.05) is 0 Å². The Labute approximate surface area is 115 Å². The molecule has 108 valence electrons. The third kappa shape index (κ3) is 2.71. The first-order valence-corrected chi connectivity index (χ1v) is 6.44. The fraction of sp³-hybridized carbons (Fsp3) is 0.462. The molecule has 1 aromatic rings. The molecule has 20 heavy (non-hydrogen) atoms. The van der Waals surface area contributed by atoms with Gasteiger partial charge in [-0.05, 0) is 25.8 Å². The summed E-state index contributed by atoms with van der Waals surface area (Å²) in [6.45, 7) is 3.06. The summed E-state index contributed by atoms with van der Waals surface area (Å²) in [7, 11) is 0. The number of carbonyl (C=O) groups is 1. The van der Waals surface area contributed by atoms with E-state index in [1.54, 1.807) is 11.8 Å². The smallest absolute Gasteiger partial charge is 0.345 e. The molecule has 0 N–H and O–H groups in total. The van der Waals surface area contributed by atoms with E-state index in [1.807, 2.05) is 0 Å². The Balaban J connectivity index is 2.47. The second-order valence-corrected chi connectivity index (χ2v) is 4.49. The molecule has 2 rings (SSSR count). The van der Waals surface area contributed by atoms with Gasteiger partial charge in [0.2, 0.25) is 0 Å². The molecule has 1 fully saturated rings. The molecular weight excluding hydrogens is 267 g/mol. The number of nitro groups is 1. The SMILES string of the molecule is CCOC(=O)c1cc(N2CCCC2)c(F)cc1[N+](=O)[O-]. The largest absolute Gasteiger partial charge is 0.462 e. The standard InChI is InChI=1S/C13H15FN2O4/c1-2-20-13(17)9-7-12(15-5-3-4-6-15)10(14)8-11(9)16(18)19/h7-8H,2-6H2,1H3. The number of ether oxygens (including phenoxy) is 1. The monoisotopic (exact) mass is 282 g/mol. The summed E-state index contributed by atoms with van der Waals surface area (Å²) in [6, 6.07) is 2.01. The van der Waals surface area contributed by atoms with Crippen molar-refractivity contribution in [2.75, 3.05) is 24.6 Å². The molecule has 0 atom stereocenters. The second-order valence-electron chi connectivity index (χ2n) is 4.49. The lowest BCUT2D eigenvalue weighted by Crippen LogP contribution is -2.20. The predicted octanol–water partition coefficient (Wildman–Crippen LogP) is 2.51. The maximum Gasteiger partial charge on any atom is 0.345 e. The average Bonchev–Trinajstić information content (AvgIpc) is 2.92. The molecule has 1 aromatic carbocycles. The van der Waals surface area contributed by atoms with E-state index < -0.39 is 22.4 Å². The maximum absolute atomic E-state index is 14.0. The minimum atomic E-state index is -0.806. The van der Waals surface area contributed by atoms with Crippen LogP contribution in [0.15, 0.2) is 12.1 Å². The highest BCUT2D eigenvalue weighted by Crippen LogP contribution is 2.31. The number of rotatable bonds is 4. The fourth-order valence-electron chi connectivity index (χ4n) is 2.28. The molecule has 0 radical (unpaired) electrons.